The molecule has 1 N–H and O–H groups in total. The van der Waals surface area contributed by atoms with Gasteiger partial charge in [-0.15, -0.1) is 0 Å². The number of carbonyl (C=O) groups excluding carboxylic acids is 4. The minimum absolute atomic E-state index is 0.241. The van der Waals surface area contributed by atoms with Crippen molar-refractivity contribution in [2.24, 2.45) is 0 Å². The Morgan fingerprint density at radius 2 is 1.32 bits per heavy atom. The van der Waals surface area contributed by atoms with Gasteiger partial charge in [-0.05, 0) is 6.42 Å². The van der Waals surface area contributed by atoms with Crippen LogP contribution in [0.4, 0.5) is 0 Å². The van der Waals surface area contributed by atoms with E-state index in [9.17, 15) is 19.2 Å². The highest BCUT2D eigenvalue weighted by Crippen LogP contribution is 2.28. The van der Waals surface area contributed by atoms with E-state index in [0.717, 1.165) is 19.3 Å². The number of hydrogen-bond donors (Lipinski definition) is 1. The van der Waals surface area contributed by atoms with Crippen LogP contribution in [0.15, 0.2) is 0 Å². The second kappa shape index (κ2) is 16.4. The van der Waals surface area contributed by atoms with Crippen molar-refractivity contribution in [3.8, 4) is 0 Å². The maximum atomic E-state index is 11.9. The second-order valence-electron chi connectivity index (χ2n) is 8.57. The maximum absolute atomic E-state index is 11.9. The number of ether oxygens (including phenoxy) is 5. The fourth-order valence-corrected chi connectivity index (χ4v) is 3.87. The van der Waals surface area contributed by atoms with Crippen molar-refractivity contribution in [3.63, 3.8) is 0 Å². The Kier molecular flexibility index (Phi) is 14.4. The van der Waals surface area contributed by atoms with Crippen molar-refractivity contribution in [1.82, 2.24) is 5.32 Å². The van der Waals surface area contributed by atoms with Crippen LogP contribution in [-0.4, -0.2) is 67.7 Å². The quantitative estimate of drug-likeness (QED) is 0.211. The Hall–Kier alpha value is -2.20. The summed E-state index contributed by atoms with van der Waals surface area (Å²) in [6, 6.07) is -0.923. The average molecular weight is 488 g/mol. The van der Waals surface area contributed by atoms with E-state index in [1.165, 1.54) is 59.8 Å². The zero-order valence-electron chi connectivity index (χ0n) is 21.1. The molecule has 0 spiro atoms. The van der Waals surface area contributed by atoms with Crippen LogP contribution in [-0.2, 0) is 42.9 Å². The van der Waals surface area contributed by atoms with Crippen molar-refractivity contribution in [2.45, 2.75) is 117 Å². The molecule has 0 aromatic heterocycles. The van der Waals surface area contributed by atoms with Gasteiger partial charge in [-0.1, -0.05) is 51.9 Å². The third-order valence-electron chi connectivity index (χ3n) is 5.35. The minimum Gasteiger partial charge on any atom is -0.463 e. The molecule has 0 aromatic carbocycles. The van der Waals surface area contributed by atoms with Gasteiger partial charge in [0.2, 0.25) is 5.91 Å². The maximum Gasteiger partial charge on any atom is 0.303 e. The third-order valence-corrected chi connectivity index (χ3v) is 5.35. The normalized spacial score (nSPS) is 24.2. The van der Waals surface area contributed by atoms with Crippen molar-refractivity contribution in [1.29, 1.82) is 0 Å². The summed E-state index contributed by atoms with van der Waals surface area (Å²) in [5, 5.41) is 2.69. The van der Waals surface area contributed by atoms with Crippen LogP contribution in [0.3, 0.4) is 0 Å². The number of unbranched alkanes of at least 4 members (excludes halogenated alkanes) is 7. The van der Waals surface area contributed by atoms with E-state index >= 15 is 0 Å². The summed E-state index contributed by atoms with van der Waals surface area (Å²) in [7, 11) is 0. The van der Waals surface area contributed by atoms with E-state index in [0.29, 0.717) is 6.61 Å². The van der Waals surface area contributed by atoms with Crippen molar-refractivity contribution in [3.05, 3.63) is 0 Å². The minimum atomic E-state index is -1.11. The fourth-order valence-electron chi connectivity index (χ4n) is 3.87. The van der Waals surface area contributed by atoms with Crippen LogP contribution in [0, 0.1) is 0 Å². The molecule has 1 aliphatic heterocycles. The Morgan fingerprint density at radius 3 is 1.85 bits per heavy atom. The van der Waals surface area contributed by atoms with Gasteiger partial charge in [-0.25, -0.2) is 0 Å². The van der Waals surface area contributed by atoms with E-state index < -0.39 is 54.5 Å². The SMILES string of the molecule is CCCCCCCCCCO[C@H]1O[C@H](COC(C)=O)[C@@H](OC(C)=O)[C@@H](OC(C)=O)[C@@H]1NC(C)=O. The molecule has 0 bridgehead atoms. The highest BCUT2D eigenvalue weighted by molar-refractivity contribution is 5.73. The second-order valence-corrected chi connectivity index (χ2v) is 8.57. The third kappa shape index (κ3) is 11.8. The predicted octanol–water partition coefficient (Wildman–Crippen LogP) is 2.80. The summed E-state index contributed by atoms with van der Waals surface area (Å²) in [6.07, 6.45) is 4.88. The van der Waals surface area contributed by atoms with Gasteiger partial charge in [-0.2, -0.15) is 0 Å². The lowest BCUT2D eigenvalue weighted by molar-refractivity contribution is -0.277. The molecule has 0 aliphatic carbocycles. The van der Waals surface area contributed by atoms with Crippen LogP contribution < -0.4 is 5.32 Å². The highest BCUT2D eigenvalue weighted by Gasteiger charge is 2.51. The van der Waals surface area contributed by atoms with E-state index in [1.807, 2.05) is 0 Å². The summed E-state index contributed by atoms with van der Waals surface area (Å²) < 4.78 is 27.8. The molecule has 196 valence electrons. The van der Waals surface area contributed by atoms with Gasteiger partial charge < -0.3 is 29.0 Å². The molecule has 34 heavy (non-hydrogen) atoms. The molecule has 1 saturated heterocycles. The van der Waals surface area contributed by atoms with E-state index in [1.54, 1.807) is 0 Å². The number of carbonyl (C=O) groups is 4. The summed E-state index contributed by atoms with van der Waals surface area (Å²) in [6.45, 7) is 7.27. The fraction of sp³-hybridized carbons (Fsp3) is 0.833. The van der Waals surface area contributed by atoms with Gasteiger partial charge >= 0.3 is 17.9 Å². The molecule has 1 heterocycles. The summed E-state index contributed by atoms with van der Waals surface area (Å²) >= 11 is 0. The zero-order chi connectivity index (χ0) is 25.5. The molecule has 0 radical (unpaired) electrons. The summed E-state index contributed by atoms with van der Waals surface area (Å²) in [4.78, 5) is 46.8. The lowest BCUT2D eigenvalue weighted by Crippen LogP contribution is -2.66. The molecule has 5 atom stereocenters. The standard InChI is InChI=1S/C24H41NO9/c1-6-7-8-9-10-11-12-13-14-30-24-21(25-16(2)26)23(33-19(5)29)22(32-18(4)28)20(34-24)15-31-17(3)27/h20-24H,6-15H2,1-5H3,(H,25,26)/t20-,21+,22-,23+,24+/m1/s1. The topological polar surface area (TPSA) is 126 Å². The van der Waals surface area contributed by atoms with Crippen LogP contribution in [0.1, 0.15) is 86.0 Å². The number of nitrogens with one attached hydrogen (secondary N) is 1. The zero-order valence-corrected chi connectivity index (χ0v) is 21.1. The molecular weight excluding hydrogens is 446 g/mol. The van der Waals surface area contributed by atoms with Gasteiger partial charge in [0, 0.05) is 34.3 Å². The van der Waals surface area contributed by atoms with E-state index in [4.69, 9.17) is 23.7 Å². The average Bonchev–Trinajstić information content (AvgIpc) is 2.74. The molecule has 0 aromatic rings. The molecule has 1 amide bonds. The van der Waals surface area contributed by atoms with E-state index in [2.05, 4.69) is 12.2 Å². The van der Waals surface area contributed by atoms with Crippen molar-refractivity contribution in [2.75, 3.05) is 13.2 Å². The Balaban J connectivity index is 2.89. The largest absolute Gasteiger partial charge is 0.463 e. The number of rotatable bonds is 15. The molecule has 10 heteroatoms. The number of amides is 1. The number of hydrogen-bond acceptors (Lipinski definition) is 9. The first kappa shape index (κ1) is 29.8. The Morgan fingerprint density at radius 1 is 0.765 bits per heavy atom. The molecule has 0 saturated carbocycles. The van der Waals surface area contributed by atoms with Crippen LogP contribution in [0.2, 0.25) is 0 Å². The van der Waals surface area contributed by atoms with Crippen LogP contribution in [0.5, 0.6) is 0 Å². The molecule has 1 rings (SSSR count). The van der Waals surface area contributed by atoms with Gasteiger partial charge in [-0.3, -0.25) is 19.2 Å². The first-order valence-electron chi connectivity index (χ1n) is 12.2. The molecule has 1 aliphatic rings. The van der Waals surface area contributed by atoms with Gasteiger partial charge in [0.15, 0.2) is 18.5 Å². The summed E-state index contributed by atoms with van der Waals surface area (Å²) in [5.74, 6) is -2.22. The lowest BCUT2D eigenvalue weighted by Gasteiger charge is -2.44. The number of esters is 3. The molecule has 0 unspecified atom stereocenters. The highest BCUT2D eigenvalue weighted by atomic mass is 16.7. The van der Waals surface area contributed by atoms with Crippen molar-refractivity contribution >= 4 is 23.8 Å². The van der Waals surface area contributed by atoms with E-state index in [-0.39, 0.29) is 6.61 Å². The predicted molar refractivity (Wildman–Crippen MR) is 123 cm³/mol. The van der Waals surface area contributed by atoms with Crippen molar-refractivity contribution < 1.29 is 42.9 Å². The Labute approximate surface area is 202 Å². The molecule has 10 nitrogen and oxygen atoms in total. The van der Waals surface area contributed by atoms with Gasteiger partial charge in [0.25, 0.3) is 0 Å². The van der Waals surface area contributed by atoms with Gasteiger partial charge in [0.05, 0.1) is 0 Å². The lowest BCUT2D eigenvalue weighted by atomic mass is 9.96. The first-order chi connectivity index (χ1) is 16.1. The first-order valence-corrected chi connectivity index (χ1v) is 12.2. The van der Waals surface area contributed by atoms with Crippen LogP contribution in [0.25, 0.3) is 0 Å². The monoisotopic (exact) mass is 487 g/mol. The Bertz CT molecular complexity index is 654. The molecule has 1 fully saturated rings. The van der Waals surface area contributed by atoms with Gasteiger partial charge in [0.1, 0.15) is 18.8 Å². The van der Waals surface area contributed by atoms with Crippen LogP contribution >= 0.6 is 0 Å². The summed E-state index contributed by atoms with van der Waals surface area (Å²) in [5.41, 5.74) is 0. The molecular formula is C24H41NO9. The smallest absolute Gasteiger partial charge is 0.303 e.